The van der Waals surface area contributed by atoms with E-state index in [4.69, 9.17) is 4.42 Å². The number of furan rings is 1. The van der Waals surface area contributed by atoms with Crippen LogP contribution < -0.4 is 0 Å². The van der Waals surface area contributed by atoms with Crippen LogP contribution in [0.25, 0.3) is 0 Å². The normalized spacial score (nSPS) is 16.8. The number of H-pyrrole nitrogens is 1. The summed E-state index contributed by atoms with van der Waals surface area (Å²) in [7, 11) is 1.78. The molecule has 7 nitrogen and oxygen atoms in total. The number of hydrogen-bond donors (Lipinski definition) is 1. The first-order valence-corrected chi connectivity index (χ1v) is 12.3. The van der Waals surface area contributed by atoms with Crippen LogP contribution in [0.1, 0.15) is 62.7 Å². The van der Waals surface area contributed by atoms with Crippen LogP contribution in [-0.2, 0) is 19.3 Å². The Morgan fingerprint density at radius 3 is 2.71 bits per heavy atom. The number of carbonyl (C=O) groups excluding carboxylic acids is 2. The van der Waals surface area contributed by atoms with E-state index in [1.165, 1.54) is 12.3 Å². The number of likely N-dealkylation sites (N-methyl/N-ethyl adjacent to an activating group) is 1. The summed E-state index contributed by atoms with van der Waals surface area (Å²) in [5.41, 5.74) is 3.82. The first kappa shape index (κ1) is 23.3. The van der Waals surface area contributed by atoms with E-state index >= 15 is 0 Å². The van der Waals surface area contributed by atoms with Crippen molar-refractivity contribution in [2.45, 2.75) is 51.5 Å². The number of hydrogen-bond acceptors (Lipinski definition) is 4. The Hall–Kier alpha value is -3.42. The molecule has 0 spiro atoms. The number of piperidine rings is 1. The SMILES string of the molecule is Cc1occc1C(=O)N(C)[C@@H](Cc1ccccc1F)C1CCN(C(=O)c2n[nH]c3c2CCC3)CC1. The lowest BCUT2D eigenvalue weighted by molar-refractivity contribution is 0.0517. The van der Waals surface area contributed by atoms with Gasteiger partial charge in [0.05, 0.1) is 11.8 Å². The predicted octanol–water partition coefficient (Wildman–Crippen LogP) is 4.17. The van der Waals surface area contributed by atoms with E-state index in [1.54, 1.807) is 37.1 Å². The molecule has 1 atom stereocenters. The Morgan fingerprint density at radius 2 is 2.00 bits per heavy atom. The molecule has 1 aromatic carbocycles. The molecule has 5 rings (SSSR count). The molecule has 1 aliphatic heterocycles. The van der Waals surface area contributed by atoms with E-state index < -0.39 is 0 Å². The smallest absolute Gasteiger partial charge is 0.274 e. The van der Waals surface area contributed by atoms with Crippen molar-refractivity contribution in [3.05, 3.63) is 76.3 Å². The maximum Gasteiger partial charge on any atom is 0.274 e. The van der Waals surface area contributed by atoms with E-state index in [1.807, 2.05) is 11.0 Å². The van der Waals surface area contributed by atoms with Crippen LogP contribution in [0.5, 0.6) is 0 Å². The number of carbonyl (C=O) groups is 2. The predicted molar refractivity (Wildman–Crippen MR) is 129 cm³/mol. The summed E-state index contributed by atoms with van der Waals surface area (Å²) < 4.78 is 19.9. The van der Waals surface area contributed by atoms with Crippen LogP contribution in [0.4, 0.5) is 4.39 Å². The number of aromatic nitrogens is 2. The number of aryl methyl sites for hydroxylation is 2. The number of benzene rings is 1. The van der Waals surface area contributed by atoms with Gasteiger partial charge in [-0.25, -0.2) is 4.39 Å². The number of nitrogens with zero attached hydrogens (tertiary/aromatic N) is 3. The van der Waals surface area contributed by atoms with Crippen molar-refractivity contribution in [2.75, 3.05) is 20.1 Å². The zero-order valence-corrected chi connectivity index (χ0v) is 20.2. The minimum absolute atomic E-state index is 0.0213. The van der Waals surface area contributed by atoms with Gasteiger partial charge in [-0.1, -0.05) is 18.2 Å². The van der Waals surface area contributed by atoms with Crippen molar-refractivity contribution in [3.63, 3.8) is 0 Å². The number of aromatic amines is 1. The second-order valence-electron chi connectivity index (χ2n) is 9.68. The van der Waals surface area contributed by atoms with Gasteiger partial charge < -0.3 is 14.2 Å². The molecule has 1 saturated heterocycles. The monoisotopic (exact) mass is 478 g/mol. The molecule has 0 saturated carbocycles. The van der Waals surface area contributed by atoms with Gasteiger partial charge in [-0.2, -0.15) is 5.10 Å². The molecular formula is C27H31FN4O3. The van der Waals surface area contributed by atoms with Gasteiger partial charge in [-0.15, -0.1) is 0 Å². The van der Waals surface area contributed by atoms with Gasteiger partial charge in [0.2, 0.25) is 0 Å². The molecular weight excluding hydrogens is 447 g/mol. The first-order valence-electron chi connectivity index (χ1n) is 12.3. The standard InChI is InChI=1S/C27H31FN4O3/c1-17-20(12-15-35-17)26(33)31(2)24(16-19-6-3-4-8-22(19)28)18-10-13-32(14-11-18)27(34)25-21-7-5-9-23(21)29-30-25/h3-4,6,8,12,15,18,24H,5,7,9-11,13-14,16H2,1-2H3,(H,29,30)/t24-/m0/s1. The van der Waals surface area contributed by atoms with Gasteiger partial charge in [0.1, 0.15) is 11.6 Å². The minimum Gasteiger partial charge on any atom is -0.469 e. The lowest BCUT2D eigenvalue weighted by atomic mass is 9.84. The zero-order chi connectivity index (χ0) is 24.5. The highest BCUT2D eigenvalue weighted by molar-refractivity contribution is 5.95. The summed E-state index contributed by atoms with van der Waals surface area (Å²) in [6.07, 6.45) is 6.30. The molecule has 1 N–H and O–H groups in total. The summed E-state index contributed by atoms with van der Waals surface area (Å²) in [5.74, 6) is 0.274. The van der Waals surface area contributed by atoms with Gasteiger partial charge >= 0.3 is 0 Å². The maximum atomic E-state index is 14.6. The number of halogens is 1. The van der Waals surface area contributed by atoms with Crippen LogP contribution in [0.15, 0.2) is 41.0 Å². The molecule has 0 radical (unpaired) electrons. The molecule has 0 bridgehead atoms. The molecule has 2 aliphatic rings. The molecule has 0 unspecified atom stereocenters. The van der Waals surface area contributed by atoms with Gasteiger partial charge in [0.25, 0.3) is 11.8 Å². The Balaban J connectivity index is 1.33. The van der Waals surface area contributed by atoms with Crippen molar-refractivity contribution in [2.24, 2.45) is 5.92 Å². The van der Waals surface area contributed by atoms with Crippen LogP contribution in [0.3, 0.4) is 0 Å². The second kappa shape index (κ2) is 9.68. The summed E-state index contributed by atoms with van der Waals surface area (Å²) >= 11 is 0. The zero-order valence-electron chi connectivity index (χ0n) is 20.2. The van der Waals surface area contributed by atoms with Crippen molar-refractivity contribution >= 4 is 11.8 Å². The third-order valence-electron chi connectivity index (χ3n) is 7.67. The maximum absolute atomic E-state index is 14.6. The average Bonchev–Trinajstić information content (AvgIpc) is 3.60. The number of rotatable bonds is 6. The lowest BCUT2D eigenvalue weighted by Gasteiger charge is -2.40. The molecule has 3 aromatic rings. The van der Waals surface area contributed by atoms with Crippen LogP contribution in [-0.4, -0.2) is 58.0 Å². The first-order chi connectivity index (χ1) is 16.9. The number of nitrogens with one attached hydrogen (secondary N) is 1. The molecule has 2 aromatic heterocycles. The number of amides is 2. The van der Waals surface area contributed by atoms with Crippen molar-refractivity contribution in [1.82, 2.24) is 20.0 Å². The fraction of sp³-hybridized carbons (Fsp3) is 0.444. The van der Waals surface area contributed by atoms with Gasteiger partial charge in [0, 0.05) is 37.4 Å². The van der Waals surface area contributed by atoms with E-state index in [-0.39, 0.29) is 29.6 Å². The van der Waals surface area contributed by atoms with Crippen LogP contribution in [0.2, 0.25) is 0 Å². The summed E-state index contributed by atoms with van der Waals surface area (Å²) in [5, 5.41) is 7.33. The fourth-order valence-corrected chi connectivity index (χ4v) is 5.59. The molecule has 184 valence electrons. The van der Waals surface area contributed by atoms with Crippen molar-refractivity contribution in [1.29, 1.82) is 0 Å². The average molecular weight is 479 g/mol. The summed E-state index contributed by atoms with van der Waals surface area (Å²) in [4.78, 5) is 30.1. The van der Waals surface area contributed by atoms with Crippen LogP contribution >= 0.6 is 0 Å². The van der Waals surface area contributed by atoms with E-state index in [0.717, 1.165) is 43.4 Å². The largest absolute Gasteiger partial charge is 0.469 e. The minimum atomic E-state index is -0.266. The molecule has 1 fully saturated rings. The Bertz CT molecular complexity index is 1220. The highest BCUT2D eigenvalue weighted by Gasteiger charge is 2.35. The molecule has 35 heavy (non-hydrogen) atoms. The number of fused-ring (bicyclic) bond motifs is 1. The highest BCUT2D eigenvalue weighted by Crippen LogP contribution is 2.30. The number of likely N-dealkylation sites (tertiary alicyclic amines) is 1. The lowest BCUT2D eigenvalue weighted by Crippen LogP contribution is -2.48. The summed E-state index contributed by atoms with van der Waals surface area (Å²) in [6.45, 7) is 2.94. The quantitative estimate of drug-likeness (QED) is 0.576. The Kier molecular flexibility index (Phi) is 6.45. The van der Waals surface area contributed by atoms with E-state index in [9.17, 15) is 14.0 Å². The fourth-order valence-electron chi connectivity index (χ4n) is 5.59. The molecule has 1 aliphatic carbocycles. The van der Waals surface area contributed by atoms with E-state index in [2.05, 4.69) is 10.2 Å². The van der Waals surface area contributed by atoms with Crippen molar-refractivity contribution < 1.29 is 18.4 Å². The third kappa shape index (κ3) is 4.49. The second-order valence-corrected chi connectivity index (χ2v) is 9.68. The molecule has 8 heteroatoms. The van der Waals surface area contributed by atoms with E-state index in [0.29, 0.717) is 42.1 Å². The highest BCUT2D eigenvalue weighted by atomic mass is 19.1. The molecule has 3 heterocycles. The van der Waals surface area contributed by atoms with Crippen LogP contribution in [0, 0.1) is 18.7 Å². The molecule has 2 amide bonds. The topological polar surface area (TPSA) is 82.4 Å². The van der Waals surface area contributed by atoms with Crippen molar-refractivity contribution in [3.8, 4) is 0 Å². The Morgan fingerprint density at radius 1 is 1.23 bits per heavy atom. The van der Waals surface area contributed by atoms with Gasteiger partial charge in [-0.05, 0) is 69.1 Å². The van der Waals surface area contributed by atoms with Gasteiger partial charge in [-0.3, -0.25) is 14.7 Å². The summed E-state index contributed by atoms with van der Waals surface area (Å²) in [6, 6.07) is 8.20. The van der Waals surface area contributed by atoms with Gasteiger partial charge in [0.15, 0.2) is 5.69 Å². The Labute approximate surface area is 204 Å². The third-order valence-corrected chi connectivity index (χ3v) is 7.67.